The number of carbonyl (C=O) groups is 2. The highest BCUT2D eigenvalue weighted by molar-refractivity contribution is 5.98. The predicted octanol–water partition coefficient (Wildman–Crippen LogP) is 3.38. The average Bonchev–Trinajstić information content (AvgIpc) is 2.47. The fourth-order valence-corrected chi connectivity index (χ4v) is 1.91. The second kappa shape index (κ2) is 6.15. The molecule has 102 valence electrons. The van der Waals surface area contributed by atoms with Crippen LogP contribution in [0.1, 0.15) is 31.8 Å². The second-order valence-electron chi connectivity index (χ2n) is 4.72. The molecule has 3 nitrogen and oxygen atoms in total. The molecule has 2 aromatic rings. The normalized spacial score (nSPS) is 10.1. The Morgan fingerprint density at radius 2 is 1.80 bits per heavy atom. The standard InChI is InChI=1S/C17H16O3/c1-12-3-4-13(2)16(9-12)17(19)11-20-15-7-5-14(10-18)6-8-15/h3-10H,11H2,1-2H3. The molecule has 0 radical (unpaired) electrons. The van der Waals surface area contributed by atoms with E-state index < -0.39 is 0 Å². The molecule has 0 amide bonds. The van der Waals surface area contributed by atoms with E-state index in [4.69, 9.17) is 4.74 Å². The van der Waals surface area contributed by atoms with Crippen molar-refractivity contribution in [2.24, 2.45) is 0 Å². The third-order valence-electron chi connectivity index (χ3n) is 3.08. The molecule has 0 unspecified atom stereocenters. The van der Waals surface area contributed by atoms with Crippen LogP contribution in [0.25, 0.3) is 0 Å². The lowest BCUT2D eigenvalue weighted by Gasteiger charge is -2.08. The number of aryl methyl sites for hydroxylation is 2. The zero-order chi connectivity index (χ0) is 14.5. The van der Waals surface area contributed by atoms with Gasteiger partial charge in [0.25, 0.3) is 0 Å². The molecule has 0 heterocycles. The van der Waals surface area contributed by atoms with Crippen molar-refractivity contribution in [2.45, 2.75) is 13.8 Å². The fraction of sp³-hybridized carbons (Fsp3) is 0.176. The van der Waals surface area contributed by atoms with Crippen molar-refractivity contribution in [3.63, 3.8) is 0 Å². The van der Waals surface area contributed by atoms with E-state index in [0.29, 0.717) is 16.9 Å². The molecule has 0 aliphatic rings. The first-order valence-corrected chi connectivity index (χ1v) is 6.38. The monoisotopic (exact) mass is 268 g/mol. The lowest BCUT2D eigenvalue weighted by molar-refractivity contribution is 0.0920. The summed E-state index contributed by atoms with van der Waals surface area (Å²) >= 11 is 0. The number of ether oxygens (including phenoxy) is 1. The first kappa shape index (κ1) is 14.0. The molecule has 0 fully saturated rings. The van der Waals surface area contributed by atoms with Crippen LogP contribution in [0, 0.1) is 13.8 Å². The molecule has 0 aliphatic carbocycles. The van der Waals surface area contributed by atoms with Crippen LogP contribution in [0.3, 0.4) is 0 Å². The molecule has 0 bridgehead atoms. The van der Waals surface area contributed by atoms with Gasteiger partial charge in [-0.05, 0) is 49.7 Å². The zero-order valence-electron chi connectivity index (χ0n) is 11.6. The molecule has 0 aliphatic heterocycles. The van der Waals surface area contributed by atoms with Crippen LogP contribution in [-0.4, -0.2) is 18.7 Å². The largest absolute Gasteiger partial charge is 0.485 e. The Labute approximate surface area is 118 Å². The maximum absolute atomic E-state index is 12.1. The number of hydrogen-bond donors (Lipinski definition) is 0. The summed E-state index contributed by atoms with van der Waals surface area (Å²) in [6.45, 7) is 3.85. The third kappa shape index (κ3) is 3.32. The van der Waals surface area contributed by atoms with Gasteiger partial charge in [-0.3, -0.25) is 9.59 Å². The second-order valence-corrected chi connectivity index (χ2v) is 4.72. The molecular formula is C17H16O3. The molecule has 0 spiro atoms. The van der Waals surface area contributed by atoms with Crippen molar-refractivity contribution in [2.75, 3.05) is 6.61 Å². The number of rotatable bonds is 5. The maximum atomic E-state index is 12.1. The Balaban J connectivity index is 2.04. The zero-order valence-corrected chi connectivity index (χ0v) is 11.6. The molecule has 20 heavy (non-hydrogen) atoms. The summed E-state index contributed by atoms with van der Waals surface area (Å²) < 4.78 is 5.45. The van der Waals surface area contributed by atoms with Crippen molar-refractivity contribution in [3.8, 4) is 5.75 Å². The molecule has 0 atom stereocenters. The van der Waals surface area contributed by atoms with E-state index in [-0.39, 0.29) is 12.4 Å². The Bertz CT molecular complexity index is 627. The number of ketones is 1. The lowest BCUT2D eigenvalue weighted by Crippen LogP contribution is -2.13. The first-order chi connectivity index (χ1) is 9.60. The molecule has 0 N–H and O–H groups in total. The molecular weight excluding hydrogens is 252 g/mol. The highest BCUT2D eigenvalue weighted by atomic mass is 16.5. The van der Waals surface area contributed by atoms with Gasteiger partial charge < -0.3 is 4.74 Å². The van der Waals surface area contributed by atoms with Crippen LogP contribution >= 0.6 is 0 Å². The summed E-state index contributed by atoms with van der Waals surface area (Å²) in [6.07, 6.45) is 0.769. The van der Waals surface area contributed by atoms with Gasteiger partial charge in [0.1, 0.15) is 12.0 Å². The Kier molecular flexibility index (Phi) is 4.31. The number of aldehydes is 1. The first-order valence-electron chi connectivity index (χ1n) is 6.38. The third-order valence-corrected chi connectivity index (χ3v) is 3.08. The maximum Gasteiger partial charge on any atom is 0.200 e. The summed E-state index contributed by atoms with van der Waals surface area (Å²) in [5.74, 6) is 0.528. The Morgan fingerprint density at radius 1 is 1.10 bits per heavy atom. The van der Waals surface area contributed by atoms with E-state index in [1.165, 1.54) is 0 Å². The molecule has 2 rings (SSSR count). The molecule has 2 aromatic carbocycles. The van der Waals surface area contributed by atoms with E-state index in [0.717, 1.165) is 17.4 Å². The minimum atomic E-state index is -0.0503. The number of Topliss-reactive ketones (excluding diaryl/α,β-unsaturated/α-hetero) is 1. The van der Waals surface area contributed by atoms with Crippen molar-refractivity contribution < 1.29 is 14.3 Å². The van der Waals surface area contributed by atoms with E-state index in [1.54, 1.807) is 24.3 Å². The summed E-state index contributed by atoms with van der Waals surface area (Å²) in [5.41, 5.74) is 3.27. The van der Waals surface area contributed by atoms with E-state index in [1.807, 2.05) is 32.0 Å². The van der Waals surface area contributed by atoms with Crippen LogP contribution in [0.4, 0.5) is 0 Å². The van der Waals surface area contributed by atoms with Crippen LogP contribution in [-0.2, 0) is 0 Å². The van der Waals surface area contributed by atoms with Crippen molar-refractivity contribution in [3.05, 3.63) is 64.7 Å². The highest BCUT2D eigenvalue weighted by Crippen LogP contribution is 2.14. The average molecular weight is 268 g/mol. The van der Waals surface area contributed by atoms with Crippen molar-refractivity contribution >= 4 is 12.1 Å². The highest BCUT2D eigenvalue weighted by Gasteiger charge is 2.10. The lowest BCUT2D eigenvalue weighted by atomic mass is 10.0. The Morgan fingerprint density at radius 3 is 2.45 bits per heavy atom. The van der Waals surface area contributed by atoms with Gasteiger partial charge >= 0.3 is 0 Å². The number of benzene rings is 2. The predicted molar refractivity (Wildman–Crippen MR) is 77.6 cm³/mol. The van der Waals surface area contributed by atoms with E-state index >= 15 is 0 Å². The summed E-state index contributed by atoms with van der Waals surface area (Å²) in [5, 5.41) is 0. The SMILES string of the molecule is Cc1ccc(C)c(C(=O)COc2ccc(C=O)cc2)c1. The Hall–Kier alpha value is -2.42. The van der Waals surface area contributed by atoms with Gasteiger partial charge in [0.2, 0.25) is 0 Å². The molecule has 0 saturated heterocycles. The summed E-state index contributed by atoms with van der Waals surface area (Å²) in [4.78, 5) is 22.7. The summed E-state index contributed by atoms with van der Waals surface area (Å²) in [7, 11) is 0. The van der Waals surface area contributed by atoms with Crippen LogP contribution in [0.15, 0.2) is 42.5 Å². The molecule has 0 aromatic heterocycles. The quantitative estimate of drug-likeness (QED) is 0.616. The van der Waals surface area contributed by atoms with Crippen LogP contribution in [0.2, 0.25) is 0 Å². The van der Waals surface area contributed by atoms with E-state index in [9.17, 15) is 9.59 Å². The van der Waals surface area contributed by atoms with Crippen molar-refractivity contribution in [1.82, 2.24) is 0 Å². The van der Waals surface area contributed by atoms with Gasteiger partial charge in [0, 0.05) is 11.1 Å². The van der Waals surface area contributed by atoms with Gasteiger partial charge in [-0.15, -0.1) is 0 Å². The fourth-order valence-electron chi connectivity index (χ4n) is 1.91. The number of hydrogen-bond acceptors (Lipinski definition) is 3. The smallest absolute Gasteiger partial charge is 0.200 e. The van der Waals surface area contributed by atoms with Crippen LogP contribution in [0.5, 0.6) is 5.75 Å². The van der Waals surface area contributed by atoms with Gasteiger partial charge in [-0.1, -0.05) is 17.7 Å². The van der Waals surface area contributed by atoms with Gasteiger partial charge in [-0.25, -0.2) is 0 Å². The topological polar surface area (TPSA) is 43.4 Å². The van der Waals surface area contributed by atoms with Crippen LogP contribution < -0.4 is 4.74 Å². The van der Waals surface area contributed by atoms with Crippen molar-refractivity contribution in [1.29, 1.82) is 0 Å². The minimum absolute atomic E-state index is 0.00920. The van der Waals surface area contributed by atoms with E-state index in [2.05, 4.69) is 0 Å². The minimum Gasteiger partial charge on any atom is -0.485 e. The summed E-state index contributed by atoms with van der Waals surface area (Å²) in [6, 6.07) is 12.5. The van der Waals surface area contributed by atoms with Gasteiger partial charge in [0.05, 0.1) is 0 Å². The van der Waals surface area contributed by atoms with Gasteiger partial charge in [-0.2, -0.15) is 0 Å². The number of carbonyl (C=O) groups excluding carboxylic acids is 2. The molecule has 0 saturated carbocycles. The molecule has 3 heteroatoms. The van der Waals surface area contributed by atoms with Gasteiger partial charge in [0.15, 0.2) is 12.4 Å².